The second kappa shape index (κ2) is 8.95. The first kappa shape index (κ1) is 22.2. The number of ether oxygens (including phenoxy) is 2. The fraction of sp³-hybridized carbons (Fsp3) is 0.458. The predicted molar refractivity (Wildman–Crippen MR) is 119 cm³/mol. The molecule has 0 unspecified atom stereocenters. The molecule has 3 atom stereocenters. The number of rotatable bonds is 5. The summed E-state index contributed by atoms with van der Waals surface area (Å²) in [6.07, 6.45) is 4.15. The van der Waals surface area contributed by atoms with Crippen molar-refractivity contribution in [3.63, 3.8) is 0 Å². The molecule has 0 spiro atoms. The van der Waals surface area contributed by atoms with Gasteiger partial charge < -0.3 is 14.8 Å². The van der Waals surface area contributed by atoms with E-state index in [0.717, 1.165) is 31.2 Å². The number of halogens is 1. The lowest BCUT2D eigenvalue weighted by molar-refractivity contribution is -0.124. The predicted octanol–water partition coefficient (Wildman–Crippen LogP) is 3.24. The molecular formula is C24H27FN2O5S. The fourth-order valence-corrected chi connectivity index (χ4v) is 7.09. The van der Waals surface area contributed by atoms with Crippen LogP contribution >= 0.6 is 0 Å². The molecule has 1 aliphatic carbocycles. The molecule has 2 aromatic rings. The largest absolute Gasteiger partial charge is 0.486 e. The zero-order chi connectivity index (χ0) is 23.0. The van der Waals surface area contributed by atoms with E-state index < -0.39 is 16.1 Å². The highest BCUT2D eigenvalue weighted by molar-refractivity contribution is 7.89. The van der Waals surface area contributed by atoms with Gasteiger partial charge in [0.05, 0.1) is 4.90 Å². The molecule has 0 bridgehead atoms. The molecule has 7 nitrogen and oxygen atoms in total. The molecule has 1 saturated heterocycles. The van der Waals surface area contributed by atoms with Gasteiger partial charge in [0.2, 0.25) is 15.9 Å². The first-order valence-electron chi connectivity index (χ1n) is 11.4. The summed E-state index contributed by atoms with van der Waals surface area (Å²) in [7, 11) is -3.94. The van der Waals surface area contributed by atoms with Crippen LogP contribution in [0, 0.1) is 11.7 Å². The summed E-state index contributed by atoms with van der Waals surface area (Å²) < 4.78 is 53.3. The van der Waals surface area contributed by atoms with Crippen LogP contribution in [-0.2, 0) is 21.4 Å². The Morgan fingerprint density at radius 3 is 2.55 bits per heavy atom. The molecule has 1 amide bonds. The molecule has 5 rings (SSSR count). The maximum Gasteiger partial charge on any atom is 0.244 e. The van der Waals surface area contributed by atoms with Gasteiger partial charge >= 0.3 is 0 Å². The van der Waals surface area contributed by atoms with Crippen molar-refractivity contribution in [3.8, 4) is 11.5 Å². The van der Waals surface area contributed by atoms with Crippen LogP contribution in [-0.4, -0.2) is 43.9 Å². The van der Waals surface area contributed by atoms with Crippen LogP contribution in [0.15, 0.2) is 47.4 Å². The zero-order valence-corrected chi connectivity index (χ0v) is 19.0. The molecule has 0 aromatic heterocycles. The zero-order valence-electron chi connectivity index (χ0n) is 18.2. The Morgan fingerprint density at radius 1 is 1.03 bits per heavy atom. The lowest BCUT2D eigenvalue weighted by Crippen LogP contribution is -2.49. The number of nitrogens with zero attached hydrogens (tertiary/aromatic N) is 1. The monoisotopic (exact) mass is 474 g/mol. The lowest BCUT2D eigenvalue weighted by atomic mass is 9.85. The molecule has 176 valence electrons. The van der Waals surface area contributed by atoms with Crippen LogP contribution < -0.4 is 14.8 Å². The van der Waals surface area contributed by atoms with Gasteiger partial charge in [-0.05, 0) is 55.0 Å². The highest BCUT2D eigenvalue weighted by Crippen LogP contribution is 2.43. The van der Waals surface area contributed by atoms with Gasteiger partial charge in [0.15, 0.2) is 11.5 Å². The highest BCUT2D eigenvalue weighted by atomic mass is 32.2. The third-order valence-corrected chi connectivity index (χ3v) is 8.73. The molecule has 1 saturated carbocycles. The van der Waals surface area contributed by atoms with E-state index in [2.05, 4.69) is 5.32 Å². The first-order valence-corrected chi connectivity index (χ1v) is 12.8. The molecule has 3 aliphatic rings. The third kappa shape index (κ3) is 4.31. The van der Waals surface area contributed by atoms with Crippen LogP contribution in [0.1, 0.15) is 37.7 Å². The Hall–Kier alpha value is -2.65. The molecule has 2 aromatic carbocycles. The van der Waals surface area contributed by atoms with Crippen molar-refractivity contribution < 1.29 is 27.1 Å². The van der Waals surface area contributed by atoms with Gasteiger partial charge in [-0.25, -0.2) is 12.8 Å². The van der Waals surface area contributed by atoms with E-state index in [9.17, 15) is 17.6 Å². The summed E-state index contributed by atoms with van der Waals surface area (Å²) in [4.78, 5) is 13.3. The van der Waals surface area contributed by atoms with Crippen molar-refractivity contribution in [2.75, 3.05) is 13.2 Å². The smallest absolute Gasteiger partial charge is 0.244 e. The van der Waals surface area contributed by atoms with E-state index in [1.165, 1.54) is 28.6 Å². The Morgan fingerprint density at radius 2 is 1.76 bits per heavy atom. The molecule has 9 heteroatoms. The Kier molecular flexibility index (Phi) is 6.01. The number of amides is 1. The topological polar surface area (TPSA) is 84.9 Å². The van der Waals surface area contributed by atoms with E-state index in [1.54, 1.807) is 18.2 Å². The quantitative estimate of drug-likeness (QED) is 0.719. The summed E-state index contributed by atoms with van der Waals surface area (Å²) in [6.45, 7) is 0.994. The van der Waals surface area contributed by atoms with Gasteiger partial charge in [0.1, 0.15) is 25.1 Å². The van der Waals surface area contributed by atoms with Crippen LogP contribution in [0.2, 0.25) is 0 Å². The van der Waals surface area contributed by atoms with Crippen molar-refractivity contribution in [3.05, 3.63) is 53.8 Å². The number of carbonyl (C=O) groups is 1. The Bertz CT molecular complexity index is 1140. The number of carbonyl (C=O) groups excluding carboxylic acids is 1. The normalized spacial score (nSPS) is 24.8. The molecular weight excluding hydrogens is 447 g/mol. The molecule has 2 heterocycles. The van der Waals surface area contributed by atoms with Crippen molar-refractivity contribution in [1.82, 2.24) is 9.62 Å². The van der Waals surface area contributed by atoms with Crippen molar-refractivity contribution in [1.29, 1.82) is 0 Å². The SMILES string of the molecule is O=C(NCc1ccc(F)cc1)[C@@H]1C[C@@H]2CCCC[C@H]2N1S(=O)(=O)c1ccc2c(c1)OCCO2. The standard InChI is InChI=1S/C24H27FN2O5S/c25-18-7-5-16(6-8-18)15-26-24(28)21-13-17-3-1-2-4-20(17)27(21)33(29,30)19-9-10-22-23(14-19)32-12-11-31-22/h5-10,14,17,20-21H,1-4,11-13,15H2,(H,26,28)/t17-,20+,21-/m0/s1. The number of fused-ring (bicyclic) bond motifs is 2. The minimum Gasteiger partial charge on any atom is -0.486 e. The average Bonchev–Trinajstić information content (AvgIpc) is 3.24. The summed E-state index contributed by atoms with van der Waals surface area (Å²) in [5.74, 6) is 0.411. The first-order chi connectivity index (χ1) is 15.9. The average molecular weight is 475 g/mol. The van der Waals surface area contributed by atoms with E-state index in [0.29, 0.717) is 31.1 Å². The van der Waals surface area contributed by atoms with Gasteiger partial charge in [-0.2, -0.15) is 4.31 Å². The van der Waals surface area contributed by atoms with E-state index in [1.807, 2.05) is 0 Å². The maximum atomic E-state index is 13.8. The van der Waals surface area contributed by atoms with Crippen LogP contribution in [0.5, 0.6) is 11.5 Å². The fourth-order valence-electron chi connectivity index (χ4n) is 5.20. The van der Waals surface area contributed by atoms with Gasteiger partial charge in [-0.15, -0.1) is 0 Å². The summed E-state index contributed by atoms with van der Waals surface area (Å²) in [5.41, 5.74) is 0.751. The van der Waals surface area contributed by atoms with Crippen LogP contribution in [0.4, 0.5) is 4.39 Å². The van der Waals surface area contributed by atoms with Crippen molar-refractivity contribution >= 4 is 15.9 Å². The van der Waals surface area contributed by atoms with E-state index in [-0.39, 0.29) is 35.1 Å². The van der Waals surface area contributed by atoms with Gasteiger partial charge in [-0.1, -0.05) is 25.0 Å². The van der Waals surface area contributed by atoms with Crippen LogP contribution in [0.3, 0.4) is 0 Å². The molecule has 2 fully saturated rings. The van der Waals surface area contributed by atoms with E-state index in [4.69, 9.17) is 9.47 Å². The molecule has 0 radical (unpaired) electrons. The molecule has 1 N–H and O–H groups in total. The van der Waals surface area contributed by atoms with Gasteiger partial charge in [0, 0.05) is 18.7 Å². The minimum absolute atomic E-state index is 0.106. The Labute approximate surface area is 192 Å². The maximum absolute atomic E-state index is 13.8. The third-order valence-electron chi connectivity index (χ3n) is 6.80. The highest BCUT2D eigenvalue weighted by Gasteiger charge is 2.51. The second-order valence-electron chi connectivity index (χ2n) is 8.85. The summed E-state index contributed by atoms with van der Waals surface area (Å²) in [6, 6.07) is 9.53. The number of sulfonamides is 1. The number of hydrogen-bond donors (Lipinski definition) is 1. The number of nitrogens with one attached hydrogen (secondary N) is 1. The van der Waals surface area contributed by atoms with Gasteiger partial charge in [-0.3, -0.25) is 4.79 Å². The minimum atomic E-state index is -3.94. The lowest BCUT2D eigenvalue weighted by Gasteiger charge is -2.33. The van der Waals surface area contributed by atoms with E-state index >= 15 is 0 Å². The molecule has 33 heavy (non-hydrogen) atoms. The molecule has 2 aliphatic heterocycles. The van der Waals surface area contributed by atoms with Gasteiger partial charge in [0.25, 0.3) is 0 Å². The summed E-state index contributed by atoms with van der Waals surface area (Å²) in [5, 5.41) is 2.86. The van der Waals surface area contributed by atoms with Crippen molar-refractivity contribution in [2.24, 2.45) is 5.92 Å². The number of benzene rings is 2. The van der Waals surface area contributed by atoms with Crippen LogP contribution in [0.25, 0.3) is 0 Å². The number of hydrogen-bond acceptors (Lipinski definition) is 5. The Balaban J connectivity index is 1.42. The summed E-state index contributed by atoms with van der Waals surface area (Å²) >= 11 is 0. The van der Waals surface area contributed by atoms with Crippen molar-refractivity contribution in [2.45, 2.75) is 55.6 Å². The second-order valence-corrected chi connectivity index (χ2v) is 10.7.